The van der Waals surface area contributed by atoms with Gasteiger partial charge in [0.2, 0.25) is 5.91 Å². The summed E-state index contributed by atoms with van der Waals surface area (Å²) in [6.45, 7) is 4.32. The fourth-order valence-electron chi connectivity index (χ4n) is 2.37. The molecule has 2 aromatic heterocycles. The van der Waals surface area contributed by atoms with Gasteiger partial charge in [-0.25, -0.2) is 4.98 Å². The van der Waals surface area contributed by atoms with Gasteiger partial charge in [-0.2, -0.15) is 0 Å². The number of rotatable bonds is 6. The van der Waals surface area contributed by atoms with Gasteiger partial charge in [0.05, 0.1) is 22.8 Å². The number of aromatic nitrogens is 1. The number of fused-ring (bicyclic) bond motifs is 1. The highest BCUT2D eigenvalue weighted by Crippen LogP contribution is 2.31. The Morgan fingerprint density at radius 1 is 1.33 bits per heavy atom. The lowest BCUT2D eigenvalue weighted by Crippen LogP contribution is -2.44. The minimum Gasteiger partial charge on any atom is -0.457 e. The highest BCUT2D eigenvalue weighted by atomic mass is 32.1. The van der Waals surface area contributed by atoms with E-state index >= 15 is 0 Å². The molecule has 1 aromatic carbocycles. The summed E-state index contributed by atoms with van der Waals surface area (Å²) in [6.07, 6.45) is 0.872. The van der Waals surface area contributed by atoms with Gasteiger partial charge in [-0.05, 0) is 30.2 Å². The van der Waals surface area contributed by atoms with Crippen molar-refractivity contribution in [2.45, 2.75) is 32.9 Å². The minimum atomic E-state index is -0.492. The first-order valence-electron chi connectivity index (χ1n) is 8.06. The Morgan fingerprint density at radius 2 is 2.12 bits per heavy atom. The first-order chi connectivity index (χ1) is 11.6. The molecule has 0 bridgehead atoms. The first kappa shape index (κ1) is 16.7. The zero-order valence-corrected chi connectivity index (χ0v) is 14.6. The third kappa shape index (κ3) is 3.49. The average molecular weight is 343 g/mol. The molecule has 3 N–H and O–H groups in total. The smallest absolute Gasteiger partial charge is 0.237 e. The van der Waals surface area contributed by atoms with E-state index < -0.39 is 6.04 Å². The van der Waals surface area contributed by atoms with Crippen LogP contribution in [0.4, 0.5) is 0 Å². The molecular formula is C18H21N3O2S. The molecule has 3 aromatic rings. The maximum atomic E-state index is 12.0. The van der Waals surface area contributed by atoms with Crippen LogP contribution in [0.5, 0.6) is 0 Å². The molecule has 0 saturated heterocycles. The average Bonchev–Trinajstić information content (AvgIpc) is 3.24. The van der Waals surface area contributed by atoms with Crippen molar-refractivity contribution >= 4 is 27.5 Å². The van der Waals surface area contributed by atoms with Crippen molar-refractivity contribution < 1.29 is 9.21 Å². The highest BCUT2D eigenvalue weighted by Gasteiger charge is 2.19. The summed E-state index contributed by atoms with van der Waals surface area (Å²) in [7, 11) is 0. The molecule has 5 nitrogen and oxygen atoms in total. The van der Waals surface area contributed by atoms with E-state index in [4.69, 9.17) is 10.2 Å². The van der Waals surface area contributed by atoms with Crippen LogP contribution < -0.4 is 11.1 Å². The van der Waals surface area contributed by atoms with E-state index in [-0.39, 0.29) is 11.8 Å². The molecule has 0 fully saturated rings. The van der Waals surface area contributed by atoms with Crippen LogP contribution in [0, 0.1) is 5.92 Å². The van der Waals surface area contributed by atoms with Crippen LogP contribution in [-0.2, 0) is 11.3 Å². The Hall–Kier alpha value is -2.18. The number of nitrogens with one attached hydrogen (secondary N) is 1. The van der Waals surface area contributed by atoms with Crippen LogP contribution in [0.25, 0.3) is 21.0 Å². The number of hydrogen-bond acceptors (Lipinski definition) is 5. The molecule has 3 rings (SSSR count). The predicted molar refractivity (Wildman–Crippen MR) is 96.6 cm³/mol. The quantitative estimate of drug-likeness (QED) is 0.717. The Bertz CT molecular complexity index is 807. The Balaban J connectivity index is 1.66. The zero-order chi connectivity index (χ0) is 17.1. The number of amides is 1. The lowest BCUT2D eigenvalue weighted by molar-refractivity contribution is -0.123. The molecule has 0 saturated carbocycles. The van der Waals surface area contributed by atoms with E-state index in [1.165, 1.54) is 0 Å². The van der Waals surface area contributed by atoms with Gasteiger partial charge in [-0.15, -0.1) is 11.3 Å². The summed E-state index contributed by atoms with van der Waals surface area (Å²) < 4.78 is 6.93. The van der Waals surface area contributed by atoms with Gasteiger partial charge in [0, 0.05) is 0 Å². The van der Waals surface area contributed by atoms with Gasteiger partial charge in [0.1, 0.15) is 5.76 Å². The van der Waals surface area contributed by atoms with Crippen LogP contribution in [0.15, 0.2) is 40.8 Å². The molecular weight excluding hydrogens is 322 g/mol. The molecule has 0 spiro atoms. The molecule has 126 valence electrons. The lowest BCUT2D eigenvalue weighted by atomic mass is 9.99. The molecule has 6 heteroatoms. The molecule has 2 unspecified atom stereocenters. The van der Waals surface area contributed by atoms with E-state index in [0.717, 1.165) is 21.6 Å². The number of carbonyl (C=O) groups is 1. The minimum absolute atomic E-state index is 0.151. The summed E-state index contributed by atoms with van der Waals surface area (Å²) in [6, 6.07) is 11.2. The number of carbonyl (C=O) groups excluding carboxylic acids is 1. The Labute approximate surface area is 144 Å². The van der Waals surface area contributed by atoms with Crippen molar-refractivity contribution in [2.75, 3.05) is 0 Å². The number of benzene rings is 1. The number of nitrogens with two attached hydrogens (primary N) is 1. The maximum Gasteiger partial charge on any atom is 0.237 e. The highest BCUT2D eigenvalue weighted by molar-refractivity contribution is 7.21. The summed E-state index contributed by atoms with van der Waals surface area (Å²) in [5.74, 6) is 1.41. The van der Waals surface area contributed by atoms with Crippen molar-refractivity contribution in [1.82, 2.24) is 10.3 Å². The SMILES string of the molecule is CCC(C)C(N)C(=O)NCc1ccc(-c2nc3ccccc3s2)o1. The van der Waals surface area contributed by atoms with E-state index in [0.29, 0.717) is 18.1 Å². The fraction of sp³-hybridized carbons (Fsp3) is 0.333. The van der Waals surface area contributed by atoms with Gasteiger partial charge >= 0.3 is 0 Å². The number of furan rings is 1. The fourth-order valence-corrected chi connectivity index (χ4v) is 3.30. The molecule has 2 atom stereocenters. The number of hydrogen-bond donors (Lipinski definition) is 2. The van der Waals surface area contributed by atoms with Gasteiger partial charge in [0.25, 0.3) is 0 Å². The largest absolute Gasteiger partial charge is 0.457 e. The summed E-state index contributed by atoms with van der Waals surface area (Å²) in [5, 5.41) is 3.67. The van der Waals surface area contributed by atoms with E-state index in [1.54, 1.807) is 11.3 Å². The number of nitrogens with zero attached hydrogens (tertiary/aromatic N) is 1. The normalized spacial score (nSPS) is 13.8. The predicted octanol–water partition coefficient (Wildman–Crippen LogP) is 3.55. The zero-order valence-electron chi connectivity index (χ0n) is 13.8. The Morgan fingerprint density at radius 3 is 2.88 bits per heavy atom. The van der Waals surface area contributed by atoms with Gasteiger partial charge in [-0.3, -0.25) is 4.79 Å². The monoisotopic (exact) mass is 343 g/mol. The summed E-state index contributed by atoms with van der Waals surface area (Å²) in [4.78, 5) is 16.6. The van der Waals surface area contributed by atoms with E-state index in [1.807, 2.05) is 50.2 Å². The second-order valence-electron chi connectivity index (χ2n) is 5.88. The number of para-hydroxylation sites is 1. The van der Waals surface area contributed by atoms with E-state index in [2.05, 4.69) is 10.3 Å². The van der Waals surface area contributed by atoms with E-state index in [9.17, 15) is 4.79 Å². The molecule has 0 aliphatic heterocycles. The summed E-state index contributed by atoms with van der Waals surface area (Å²) >= 11 is 1.59. The molecule has 1 amide bonds. The van der Waals surface area contributed by atoms with Crippen LogP contribution in [0.1, 0.15) is 26.0 Å². The van der Waals surface area contributed by atoms with Crippen LogP contribution in [0.2, 0.25) is 0 Å². The molecule has 0 aliphatic rings. The van der Waals surface area contributed by atoms with Gasteiger partial charge in [-0.1, -0.05) is 32.4 Å². The third-order valence-corrected chi connectivity index (χ3v) is 5.21. The van der Waals surface area contributed by atoms with Crippen LogP contribution >= 0.6 is 11.3 Å². The summed E-state index contributed by atoms with van der Waals surface area (Å²) in [5.41, 5.74) is 6.89. The third-order valence-electron chi connectivity index (χ3n) is 4.16. The molecule has 24 heavy (non-hydrogen) atoms. The van der Waals surface area contributed by atoms with Gasteiger partial charge < -0.3 is 15.5 Å². The standard InChI is InChI=1S/C18H21N3O2S/c1-3-11(2)16(19)17(22)20-10-12-8-9-14(23-12)18-21-13-6-4-5-7-15(13)24-18/h4-9,11,16H,3,10,19H2,1-2H3,(H,20,22). The second kappa shape index (κ2) is 7.15. The lowest BCUT2D eigenvalue weighted by Gasteiger charge is -2.17. The van der Waals surface area contributed by atoms with Crippen molar-refractivity contribution in [3.8, 4) is 10.8 Å². The van der Waals surface area contributed by atoms with Crippen molar-refractivity contribution in [1.29, 1.82) is 0 Å². The van der Waals surface area contributed by atoms with Gasteiger partial charge in [0.15, 0.2) is 10.8 Å². The van der Waals surface area contributed by atoms with Crippen LogP contribution in [-0.4, -0.2) is 16.9 Å². The first-order valence-corrected chi connectivity index (χ1v) is 8.88. The van der Waals surface area contributed by atoms with Crippen LogP contribution in [0.3, 0.4) is 0 Å². The van der Waals surface area contributed by atoms with Crippen molar-refractivity contribution in [2.24, 2.45) is 11.7 Å². The topological polar surface area (TPSA) is 81.2 Å². The van der Waals surface area contributed by atoms with Crippen molar-refractivity contribution in [3.63, 3.8) is 0 Å². The Kier molecular flexibility index (Phi) is 4.97. The molecule has 2 heterocycles. The molecule has 0 aliphatic carbocycles. The molecule has 0 radical (unpaired) electrons. The maximum absolute atomic E-state index is 12.0. The number of thiazole rings is 1. The van der Waals surface area contributed by atoms with Crippen molar-refractivity contribution in [3.05, 3.63) is 42.2 Å². The second-order valence-corrected chi connectivity index (χ2v) is 6.91.